The van der Waals surface area contributed by atoms with Gasteiger partial charge in [0.2, 0.25) is 10.0 Å². The first-order valence-corrected chi connectivity index (χ1v) is 8.30. The van der Waals surface area contributed by atoms with Crippen molar-refractivity contribution >= 4 is 21.4 Å². The molecule has 7 nitrogen and oxygen atoms in total. The Morgan fingerprint density at radius 2 is 2.14 bits per heavy atom. The van der Waals surface area contributed by atoms with Crippen LogP contribution in [0.3, 0.4) is 0 Å². The molecule has 0 aromatic heterocycles. The van der Waals surface area contributed by atoms with Crippen molar-refractivity contribution in [2.75, 3.05) is 25.0 Å². The van der Waals surface area contributed by atoms with Crippen molar-refractivity contribution in [3.05, 3.63) is 28.3 Å². The van der Waals surface area contributed by atoms with E-state index in [1.807, 2.05) is 4.90 Å². The van der Waals surface area contributed by atoms with Gasteiger partial charge in [-0.1, -0.05) is 6.92 Å². The van der Waals surface area contributed by atoms with Crippen molar-refractivity contribution < 1.29 is 13.3 Å². The Labute approximate surface area is 124 Å². The van der Waals surface area contributed by atoms with Gasteiger partial charge in [-0.25, -0.2) is 13.1 Å². The molecule has 1 saturated heterocycles. The number of hydrogen-bond acceptors (Lipinski definition) is 5. The minimum absolute atomic E-state index is 0.0921. The standard InChI is InChI=1S/C13H19N3O4S/c1-10-4-3-7-15(9-10)12-6-5-11(21(19,20)14-2)8-13(12)16(17)18/h5-6,8,10,14H,3-4,7,9H2,1-2H3/t10-/m0/s1. The summed E-state index contributed by atoms with van der Waals surface area (Å²) in [4.78, 5) is 12.6. The molecule has 1 fully saturated rings. The fraction of sp³-hybridized carbons (Fsp3) is 0.538. The Morgan fingerprint density at radius 1 is 1.43 bits per heavy atom. The predicted molar refractivity (Wildman–Crippen MR) is 80.0 cm³/mol. The Kier molecular flexibility index (Phi) is 4.48. The SMILES string of the molecule is CNS(=O)(=O)c1ccc(N2CCC[C@H](C)C2)c([N+](=O)[O-])c1. The fourth-order valence-corrected chi connectivity index (χ4v) is 3.36. The van der Waals surface area contributed by atoms with Gasteiger partial charge >= 0.3 is 0 Å². The number of anilines is 1. The molecule has 0 saturated carbocycles. The van der Waals surface area contributed by atoms with E-state index in [9.17, 15) is 18.5 Å². The van der Waals surface area contributed by atoms with E-state index < -0.39 is 14.9 Å². The van der Waals surface area contributed by atoms with Crippen molar-refractivity contribution in [2.24, 2.45) is 5.92 Å². The first-order chi connectivity index (χ1) is 9.85. The maximum absolute atomic E-state index is 11.8. The molecule has 1 aliphatic rings. The Bertz CT molecular complexity index is 645. The van der Waals surface area contributed by atoms with E-state index in [1.54, 1.807) is 0 Å². The number of nitrogens with one attached hydrogen (secondary N) is 1. The number of sulfonamides is 1. The summed E-state index contributed by atoms with van der Waals surface area (Å²) in [5.41, 5.74) is 0.321. The van der Waals surface area contributed by atoms with Crippen molar-refractivity contribution in [3.8, 4) is 0 Å². The van der Waals surface area contributed by atoms with Crippen molar-refractivity contribution in [3.63, 3.8) is 0 Å². The summed E-state index contributed by atoms with van der Waals surface area (Å²) in [6.45, 7) is 3.61. The maximum atomic E-state index is 11.8. The van der Waals surface area contributed by atoms with Crippen LogP contribution in [0.1, 0.15) is 19.8 Å². The van der Waals surface area contributed by atoms with Gasteiger partial charge in [0.25, 0.3) is 5.69 Å². The van der Waals surface area contributed by atoms with E-state index >= 15 is 0 Å². The molecule has 0 aliphatic carbocycles. The molecular formula is C13H19N3O4S. The van der Waals surface area contributed by atoms with Crippen molar-refractivity contribution in [1.82, 2.24) is 4.72 Å². The van der Waals surface area contributed by atoms with Crippen LogP contribution in [0.25, 0.3) is 0 Å². The summed E-state index contributed by atoms with van der Waals surface area (Å²) in [6.07, 6.45) is 2.09. The van der Waals surface area contributed by atoms with E-state index in [4.69, 9.17) is 0 Å². The molecule has 1 atom stereocenters. The number of rotatable bonds is 4. The highest BCUT2D eigenvalue weighted by molar-refractivity contribution is 7.89. The van der Waals surface area contributed by atoms with Crippen LogP contribution in [0.5, 0.6) is 0 Å². The van der Waals surface area contributed by atoms with Gasteiger partial charge < -0.3 is 4.90 Å². The van der Waals surface area contributed by atoms with Gasteiger partial charge in [0.15, 0.2) is 0 Å². The molecule has 1 heterocycles. The highest BCUT2D eigenvalue weighted by Crippen LogP contribution is 2.33. The zero-order chi connectivity index (χ0) is 15.6. The number of nitro groups is 1. The number of benzene rings is 1. The fourth-order valence-electron chi connectivity index (χ4n) is 2.61. The number of piperidine rings is 1. The lowest BCUT2D eigenvalue weighted by Gasteiger charge is -2.32. The zero-order valence-electron chi connectivity index (χ0n) is 12.1. The molecule has 8 heteroatoms. The third-order valence-corrected chi connectivity index (χ3v) is 5.13. The second-order valence-electron chi connectivity index (χ2n) is 5.31. The monoisotopic (exact) mass is 313 g/mol. The molecule has 0 radical (unpaired) electrons. The van der Waals surface area contributed by atoms with Gasteiger partial charge in [-0.3, -0.25) is 10.1 Å². The molecular weight excluding hydrogens is 294 g/mol. The quantitative estimate of drug-likeness (QED) is 0.675. The van der Waals surface area contributed by atoms with E-state index in [0.29, 0.717) is 11.6 Å². The lowest BCUT2D eigenvalue weighted by molar-refractivity contribution is -0.384. The highest BCUT2D eigenvalue weighted by atomic mass is 32.2. The van der Waals surface area contributed by atoms with Gasteiger partial charge in [0.1, 0.15) is 5.69 Å². The Morgan fingerprint density at radius 3 is 2.71 bits per heavy atom. The molecule has 116 valence electrons. The molecule has 21 heavy (non-hydrogen) atoms. The van der Waals surface area contributed by atoms with Gasteiger partial charge in [-0.15, -0.1) is 0 Å². The third kappa shape index (κ3) is 3.33. The highest BCUT2D eigenvalue weighted by Gasteiger charge is 2.26. The molecule has 0 spiro atoms. The molecule has 2 rings (SSSR count). The van der Waals surface area contributed by atoms with Crippen molar-refractivity contribution in [2.45, 2.75) is 24.7 Å². The molecule has 1 aromatic carbocycles. The lowest BCUT2D eigenvalue weighted by Crippen LogP contribution is -2.34. The average Bonchev–Trinajstić information content (AvgIpc) is 2.46. The first-order valence-electron chi connectivity index (χ1n) is 6.82. The number of nitrogens with zero attached hydrogens (tertiary/aromatic N) is 2. The smallest absolute Gasteiger partial charge is 0.293 e. The van der Waals surface area contributed by atoms with Crippen LogP contribution in [0, 0.1) is 16.0 Å². The topological polar surface area (TPSA) is 92.6 Å². The molecule has 1 aliphatic heterocycles. The summed E-state index contributed by atoms with van der Waals surface area (Å²) >= 11 is 0. The second-order valence-corrected chi connectivity index (χ2v) is 7.20. The zero-order valence-corrected chi connectivity index (χ0v) is 12.9. The van der Waals surface area contributed by atoms with Crippen LogP contribution < -0.4 is 9.62 Å². The van der Waals surface area contributed by atoms with Gasteiger partial charge in [-0.05, 0) is 37.9 Å². The van der Waals surface area contributed by atoms with Gasteiger partial charge in [0, 0.05) is 19.2 Å². The Balaban J connectivity index is 2.45. The second kappa shape index (κ2) is 5.98. The van der Waals surface area contributed by atoms with E-state index in [1.165, 1.54) is 19.2 Å². The minimum Gasteiger partial charge on any atom is -0.366 e. The number of hydrogen-bond donors (Lipinski definition) is 1. The minimum atomic E-state index is -3.69. The van der Waals surface area contributed by atoms with Crippen LogP contribution >= 0.6 is 0 Å². The lowest BCUT2D eigenvalue weighted by atomic mass is 9.99. The summed E-state index contributed by atoms with van der Waals surface area (Å²) in [7, 11) is -2.41. The predicted octanol–water partition coefficient (Wildman–Crippen LogP) is 1.74. The largest absolute Gasteiger partial charge is 0.366 e. The summed E-state index contributed by atoms with van der Waals surface area (Å²) in [5, 5.41) is 11.3. The molecule has 0 unspecified atom stereocenters. The van der Waals surface area contributed by atoms with E-state index in [2.05, 4.69) is 11.6 Å². The molecule has 1 aromatic rings. The van der Waals surface area contributed by atoms with Gasteiger partial charge in [0.05, 0.1) is 9.82 Å². The average molecular weight is 313 g/mol. The third-order valence-electron chi connectivity index (χ3n) is 3.72. The summed E-state index contributed by atoms with van der Waals surface area (Å²) < 4.78 is 25.7. The Hall–Kier alpha value is -1.67. The van der Waals surface area contributed by atoms with Crippen LogP contribution in [-0.4, -0.2) is 33.5 Å². The van der Waals surface area contributed by atoms with E-state index in [0.717, 1.165) is 32.0 Å². The van der Waals surface area contributed by atoms with Crippen molar-refractivity contribution in [1.29, 1.82) is 0 Å². The van der Waals surface area contributed by atoms with Gasteiger partial charge in [-0.2, -0.15) is 0 Å². The van der Waals surface area contributed by atoms with E-state index in [-0.39, 0.29) is 10.6 Å². The van der Waals surface area contributed by atoms with Crippen LogP contribution in [0.15, 0.2) is 23.1 Å². The summed E-state index contributed by atoms with van der Waals surface area (Å²) in [5.74, 6) is 0.471. The molecule has 0 amide bonds. The number of nitro benzene ring substituents is 1. The van der Waals surface area contributed by atoms with Crippen LogP contribution in [-0.2, 0) is 10.0 Å². The summed E-state index contributed by atoms with van der Waals surface area (Å²) in [6, 6.07) is 4.06. The molecule has 0 bridgehead atoms. The van der Waals surface area contributed by atoms with Crippen LogP contribution in [0.4, 0.5) is 11.4 Å². The molecule has 1 N–H and O–H groups in total. The first kappa shape index (κ1) is 15.7. The maximum Gasteiger partial charge on any atom is 0.293 e. The normalized spacial score (nSPS) is 19.5. The van der Waals surface area contributed by atoms with Crippen LogP contribution in [0.2, 0.25) is 0 Å².